The summed E-state index contributed by atoms with van der Waals surface area (Å²) in [5.74, 6) is -2.71. The number of nitriles is 1. The summed E-state index contributed by atoms with van der Waals surface area (Å²) in [6.07, 6.45) is 3.50. The highest BCUT2D eigenvalue weighted by atomic mass is 32.1. The predicted octanol–water partition coefficient (Wildman–Crippen LogP) is 4.96. The number of fused-ring (bicyclic) bond motifs is 2. The van der Waals surface area contributed by atoms with Crippen molar-refractivity contribution in [1.82, 2.24) is 29.9 Å². The largest absolute Gasteiger partial charge is 0.481 e. The molecule has 2 aromatic carbocycles. The van der Waals surface area contributed by atoms with Crippen molar-refractivity contribution in [3.05, 3.63) is 94.5 Å². The van der Waals surface area contributed by atoms with Gasteiger partial charge in [-0.2, -0.15) is 5.26 Å². The second-order valence-electron chi connectivity index (χ2n) is 9.65. The molecule has 12 nitrogen and oxygen atoms in total. The van der Waals surface area contributed by atoms with Crippen molar-refractivity contribution in [1.29, 1.82) is 5.26 Å². The maximum Gasteiger partial charge on any atom is 0.315 e. The minimum atomic E-state index is -1.21. The number of aliphatic hydroxyl groups excluding tert-OH is 1. The molecule has 0 amide bonds. The molecule has 6 rings (SSSR count). The van der Waals surface area contributed by atoms with Gasteiger partial charge in [0, 0.05) is 25.5 Å². The molecule has 0 aliphatic rings. The second-order valence-corrected chi connectivity index (χ2v) is 11.8. The van der Waals surface area contributed by atoms with Crippen molar-refractivity contribution in [3.63, 3.8) is 0 Å². The molecule has 0 fully saturated rings. The number of rotatable bonds is 12. The minimum absolute atomic E-state index is 0.00126. The fourth-order valence-corrected chi connectivity index (χ4v) is 6.75. The predicted molar refractivity (Wildman–Crippen MR) is 168 cm³/mol. The number of para-hydroxylation sites is 2. The number of benzene rings is 2. The first-order chi connectivity index (χ1) is 21.5. The Balaban J connectivity index is 1.38. The standard InChI is InChI=1S/C30H25N9O3S2/c31-16-17(26-35-19-6-1-3-8-22(19)43-26)18-10-13-34-30(37-18)39-25(27-36-20-7-2-4-9-23(20)44-27)24(28(41)42)21-11-14-33-29(38-21)32-12-5-15-40/h1-4,6-11,13-14,17,24-25,40H,5,12,15H2,(H,41,42)(H,32,33,38)(H,34,37,39). The van der Waals surface area contributed by atoms with E-state index in [2.05, 4.69) is 41.6 Å². The topological polar surface area (TPSA) is 183 Å². The van der Waals surface area contributed by atoms with Gasteiger partial charge in [-0.15, -0.1) is 22.7 Å². The molecular formula is C30H25N9O3S2. The summed E-state index contributed by atoms with van der Waals surface area (Å²) < 4.78 is 1.85. The van der Waals surface area contributed by atoms with Gasteiger partial charge in [-0.25, -0.2) is 29.9 Å². The molecule has 0 aliphatic carbocycles. The van der Waals surface area contributed by atoms with Gasteiger partial charge in [-0.1, -0.05) is 24.3 Å². The first-order valence-electron chi connectivity index (χ1n) is 13.6. The number of anilines is 2. The van der Waals surface area contributed by atoms with E-state index in [4.69, 9.17) is 10.1 Å². The summed E-state index contributed by atoms with van der Waals surface area (Å²) in [6.45, 7) is 0.422. The Bertz CT molecular complexity index is 1910. The summed E-state index contributed by atoms with van der Waals surface area (Å²) >= 11 is 2.78. The van der Waals surface area contributed by atoms with Crippen molar-refractivity contribution < 1.29 is 15.0 Å². The third-order valence-corrected chi connectivity index (χ3v) is 8.95. The molecule has 4 heterocycles. The van der Waals surface area contributed by atoms with Crippen molar-refractivity contribution in [3.8, 4) is 6.07 Å². The van der Waals surface area contributed by atoms with Gasteiger partial charge in [-0.3, -0.25) is 4.79 Å². The lowest BCUT2D eigenvalue weighted by Gasteiger charge is -2.23. The maximum atomic E-state index is 12.9. The van der Waals surface area contributed by atoms with Crippen LogP contribution in [0.1, 0.15) is 45.7 Å². The highest BCUT2D eigenvalue weighted by Gasteiger charge is 2.36. The first kappa shape index (κ1) is 29.0. The van der Waals surface area contributed by atoms with Gasteiger partial charge in [0.2, 0.25) is 11.9 Å². The maximum absolute atomic E-state index is 12.9. The lowest BCUT2D eigenvalue weighted by atomic mass is 9.96. The zero-order valence-electron chi connectivity index (χ0n) is 23.0. The molecule has 4 aromatic heterocycles. The zero-order valence-corrected chi connectivity index (χ0v) is 24.7. The number of thiazole rings is 2. The van der Waals surface area contributed by atoms with Crippen LogP contribution in [0.2, 0.25) is 0 Å². The molecule has 220 valence electrons. The van der Waals surface area contributed by atoms with Crippen molar-refractivity contribution in [2.24, 2.45) is 0 Å². The van der Waals surface area contributed by atoms with Gasteiger partial charge < -0.3 is 20.8 Å². The van der Waals surface area contributed by atoms with Gasteiger partial charge in [0.15, 0.2) is 0 Å². The zero-order chi connectivity index (χ0) is 30.5. The molecule has 0 aliphatic heterocycles. The Morgan fingerprint density at radius 1 is 0.841 bits per heavy atom. The monoisotopic (exact) mass is 623 g/mol. The first-order valence-corrected chi connectivity index (χ1v) is 15.3. The Kier molecular flexibility index (Phi) is 8.59. The van der Waals surface area contributed by atoms with Gasteiger partial charge in [0.1, 0.15) is 21.9 Å². The second kappa shape index (κ2) is 13.0. The highest BCUT2D eigenvalue weighted by Crippen LogP contribution is 2.38. The normalized spacial score (nSPS) is 13.3. The lowest BCUT2D eigenvalue weighted by Crippen LogP contribution is -2.28. The van der Waals surface area contributed by atoms with Crippen LogP contribution in [0, 0.1) is 11.3 Å². The van der Waals surface area contributed by atoms with E-state index in [9.17, 15) is 15.2 Å². The minimum Gasteiger partial charge on any atom is -0.481 e. The molecule has 0 radical (unpaired) electrons. The van der Waals surface area contributed by atoms with E-state index in [-0.39, 0.29) is 24.2 Å². The van der Waals surface area contributed by atoms with E-state index in [1.54, 1.807) is 12.1 Å². The van der Waals surface area contributed by atoms with Crippen LogP contribution in [0.5, 0.6) is 0 Å². The fraction of sp³-hybridized carbons (Fsp3) is 0.200. The summed E-state index contributed by atoms with van der Waals surface area (Å²) in [5.41, 5.74) is 2.20. The Morgan fingerprint density at radius 3 is 2.11 bits per heavy atom. The fourth-order valence-electron chi connectivity index (χ4n) is 4.66. The Morgan fingerprint density at radius 2 is 1.45 bits per heavy atom. The summed E-state index contributed by atoms with van der Waals surface area (Å²) in [6, 6.07) is 19.8. The number of aromatic nitrogens is 6. The summed E-state index contributed by atoms with van der Waals surface area (Å²) in [5, 5.41) is 37.1. The number of carboxylic acids is 1. The number of aliphatic carboxylic acids is 1. The van der Waals surface area contributed by atoms with E-state index in [0.717, 1.165) is 20.4 Å². The average molecular weight is 624 g/mol. The molecule has 6 aromatic rings. The summed E-state index contributed by atoms with van der Waals surface area (Å²) in [4.78, 5) is 40.0. The lowest BCUT2D eigenvalue weighted by molar-refractivity contribution is -0.139. The van der Waals surface area contributed by atoms with Crippen LogP contribution in [-0.2, 0) is 4.79 Å². The van der Waals surface area contributed by atoms with Gasteiger partial charge in [0.05, 0.1) is 43.9 Å². The van der Waals surface area contributed by atoms with E-state index in [1.165, 1.54) is 35.1 Å². The van der Waals surface area contributed by atoms with Crippen LogP contribution >= 0.6 is 22.7 Å². The van der Waals surface area contributed by atoms with Crippen molar-refractivity contribution >= 4 is 61.0 Å². The highest BCUT2D eigenvalue weighted by molar-refractivity contribution is 7.19. The van der Waals surface area contributed by atoms with Crippen LogP contribution in [0.3, 0.4) is 0 Å². The number of carbonyl (C=O) groups is 1. The molecule has 0 saturated carbocycles. The van der Waals surface area contributed by atoms with Gasteiger partial charge in [0.25, 0.3) is 0 Å². The molecule has 3 unspecified atom stereocenters. The number of hydrogen-bond donors (Lipinski definition) is 4. The molecule has 44 heavy (non-hydrogen) atoms. The Labute approximate surface area is 259 Å². The van der Waals surface area contributed by atoms with Crippen molar-refractivity contribution in [2.75, 3.05) is 23.8 Å². The quantitative estimate of drug-likeness (QED) is 0.135. The van der Waals surface area contributed by atoms with Crippen LogP contribution < -0.4 is 10.6 Å². The Hall–Kier alpha value is -5.10. The average Bonchev–Trinajstić information content (AvgIpc) is 3.66. The van der Waals surface area contributed by atoms with E-state index < -0.39 is 23.8 Å². The molecular weight excluding hydrogens is 599 g/mol. The SMILES string of the molecule is N#CC(c1ccnc(NC(c2nc3ccccc3s2)C(C(=O)O)c2ccnc(NCCCO)n2)n1)c1nc2ccccc2s1. The molecule has 0 bridgehead atoms. The molecule has 0 saturated heterocycles. The smallest absolute Gasteiger partial charge is 0.315 e. The number of hydrogen-bond acceptors (Lipinski definition) is 13. The van der Waals surface area contributed by atoms with Crippen LogP contribution in [0.15, 0.2) is 73.1 Å². The third kappa shape index (κ3) is 6.16. The third-order valence-electron chi connectivity index (χ3n) is 6.73. The number of nitrogens with zero attached hydrogens (tertiary/aromatic N) is 7. The van der Waals surface area contributed by atoms with Gasteiger partial charge in [-0.05, 0) is 42.8 Å². The molecule has 14 heteroatoms. The number of aliphatic hydroxyl groups is 1. The van der Waals surface area contributed by atoms with E-state index in [1.807, 2.05) is 48.5 Å². The number of carboxylic acid groups (broad SMARTS) is 1. The molecule has 4 N–H and O–H groups in total. The van der Waals surface area contributed by atoms with Crippen LogP contribution in [0.4, 0.5) is 11.9 Å². The number of nitrogens with one attached hydrogen (secondary N) is 2. The van der Waals surface area contributed by atoms with Crippen LogP contribution in [0.25, 0.3) is 20.4 Å². The summed E-state index contributed by atoms with van der Waals surface area (Å²) in [7, 11) is 0. The van der Waals surface area contributed by atoms with Crippen LogP contribution in [-0.4, -0.2) is 59.2 Å². The van der Waals surface area contributed by atoms with Gasteiger partial charge >= 0.3 is 5.97 Å². The van der Waals surface area contributed by atoms with E-state index >= 15 is 0 Å². The molecule has 3 atom stereocenters. The van der Waals surface area contributed by atoms with E-state index in [0.29, 0.717) is 28.7 Å². The van der Waals surface area contributed by atoms with Crippen molar-refractivity contribution in [2.45, 2.75) is 24.3 Å². The molecule has 0 spiro atoms.